The molecule has 1 atom stereocenters. The average Bonchev–Trinajstić information content (AvgIpc) is 2.82. The normalized spacial score (nSPS) is 22.3. The monoisotopic (exact) mass is 268 g/mol. The molecule has 1 amide bonds. The van der Waals surface area contributed by atoms with E-state index in [4.69, 9.17) is 9.84 Å². The van der Waals surface area contributed by atoms with E-state index in [2.05, 4.69) is 4.98 Å². The van der Waals surface area contributed by atoms with Gasteiger partial charge in [-0.25, -0.2) is 14.2 Å². The van der Waals surface area contributed by atoms with Gasteiger partial charge in [-0.05, 0) is 6.07 Å². The van der Waals surface area contributed by atoms with Gasteiger partial charge in [0.05, 0.1) is 19.2 Å². The number of pyridine rings is 1. The van der Waals surface area contributed by atoms with Gasteiger partial charge in [0, 0.05) is 25.2 Å². The minimum Gasteiger partial charge on any atom is -0.481 e. The SMILES string of the molecule is COc1ccc(C(=O)N2CCC(F)(C(=O)O)C2)cn1. The number of aromatic nitrogens is 1. The number of rotatable bonds is 3. The van der Waals surface area contributed by atoms with Crippen LogP contribution < -0.4 is 4.74 Å². The van der Waals surface area contributed by atoms with Crippen molar-refractivity contribution < 1.29 is 23.8 Å². The zero-order valence-corrected chi connectivity index (χ0v) is 10.3. The van der Waals surface area contributed by atoms with Crippen LogP contribution in [0.3, 0.4) is 0 Å². The van der Waals surface area contributed by atoms with Gasteiger partial charge >= 0.3 is 5.97 Å². The third-order valence-corrected chi connectivity index (χ3v) is 3.08. The van der Waals surface area contributed by atoms with Gasteiger partial charge in [0.25, 0.3) is 5.91 Å². The van der Waals surface area contributed by atoms with Crippen molar-refractivity contribution in [3.8, 4) is 5.88 Å². The molecule has 1 fully saturated rings. The lowest BCUT2D eigenvalue weighted by molar-refractivity contribution is -0.149. The van der Waals surface area contributed by atoms with Crippen molar-refractivity contribution in [2.45, 2.75) is 12.1 Å². The van der Waals surface area contributed by atoms with E-state index in [0.29, 0.717) is 5.88 Å². The third-order valence-electron chi connectivity index (χ3n) is 3.08. The molecule has 19 heavy (non-hydrogen) atoms. The number of carbonyl (C=O) groups is 2. The van der Waals surface area contributed by atoms with E-state index in [9.17, 15) is 14.0 Å². The molecule has 1 aliphatic heterocycles. The first-order valence-electron chi connectivity index (χ1n) is 5.68. The van der Waals surface area contributed by atoms with E-state index in [-0.39, 0.29) is 18.5 Å². The van der Waals surface area contributed by atoms with E-state index in [0.717, 1.165) is 0 Å². The Bertz CT molecular complexity index is 505. The number of nitrogens with zero attached hydrogens (tertiary/aromatic N) is 2. The van der Waals surface area contributed by atoms with Crippen molar-refractivity contribution in [3.63, 3.8) is 0 Å². The maximum absolute atomic E-state index is 13.9. The number of hydrogen-bond acceptors (Lipinski definition) is 4. The van der Waals surface area contributed by atoms with Crippen molar-refractivity contribution in [1.29, 1.82) is 0 Å². The molecule has 0 radical (unpaired) electrons. The summed E-state index contributed by atoms with van der Waals surface area (Å²) in [6.45, 7) is -0.360. The van der Waals surface area contributed by atoms with Crippen molar-refractivity contribution >= 4 is 11.9 Å². The number of methoxy groups -OCH3 is 1. The Morgan fingerprint density at radius 1 is 1.53 bits per heavy atom. The van der Waals surface area contributed by atoms with Crippen LogP contribution in [0.4, 0.5) is 4.39 Å². The number of carboxylic acid groups (broad SMARTS) is 1. The minimum absolute atomic E-state index is 0.0770. The van der Waals surface area contributed by atoms with E-state index in [1.807, 2.05) is 0 Å². The van der Waals surface area contributed by atoms with E-state index < -0.39 is 24.1 Å². The molecule has 1 aromatic heterocycles. The van der Waals surface area contributed by atoms with E-state index in [1.165, 1.54) is 30.3 Å². The Hall–Kier alpha value is -2.18. The lowest BCUT2D eigenvalue weighted by atomic mass is 10.1. The Balaban J connectivity index is 2.11. The standard InChI is InChI=1S/C12H13FN2O4/c1-19-9-3-2-8(6-14-9)10(16)15-5-4-12(13,7-15)11(17)18/h2-3,6H,4-5,7H2,1H3,(H,17,18). The van der Waals surface area contributed by atoms with Gasteiger partial charge in [0.2, 0.25) is 11.5 Å². The molecule has 0 aliphatic carbocycles. The van der Waals surface area contributed by atoms with Crippen LogP contribution in [0.25, 0.3) is 0 Å². The van der Waals surface area contributed by atoms with Crippen LogP contribution in [0.15, 0.2) is 18.3 Å². The number of aliphatic carboxylic acids is 1. The maximum Gasteiger partial charge on any atom is 0.343 e. The predicted octanol–water partition coefficient (Wildman–Crippen LogP) is 0.729. The molecular weight excluding hydrogens is 255 g/mol. The number of halogens is 1. The van der Waals surface area contributed by atoms with Gasteiger partial charge < -0.3 is 14.7 Å². The fraction of sp³-hybridized carbons (Fsp3) is 0.417. The number of hydrogen-bond donors (Lipinski definition) is 1. The summed E-state index contributed by atoms with van der Waals surface area (Å²) in [5.74, 6) is -1.60. The van der Waals surface area contributed by atoms with Gasteiger partial charge in [-0.1, -0.05) is 0 Å². The average molecular weight is 268 g/mol. The molecule has 2 rings (SSSR count). The second-order valence-corrected chi connectivity index (χ2v) is 4.34. The number of likely N-dealkylation sites (tertiary alicyclic amines) is 1. The van der Waals surface area contributed by atoms with Crippen LogP contribution >= 0.6 is 0 Å². The molecule has 0 saturated carbocycles. The summed E-state index contributed by atoms with van der Waals surface area (Å²) in [7, 11) is 1.45. The van der Waals surface area contributed by atoms with Crippen LogP contribution in [-0.4, -0.2) is 52.7 Å². The molecule has 0 spiro atoms. The topological polar surface area (TPSA) is 79.7 Å². The Kier molecular flexibility index (Phi) is 3.37. The Morgan fingerprint density at radius 2 is 2.26 bits per heavy atom. The van der Waals surface area contributed by atoms with Crippen molar-refractivity contribution in [1.82, 2.24) is 9.88 Å². The van der Waals surface area contributed by atoms with Crippen molar-refractivity contribution in [3.05, 3.63) is 23.9 Å². The quantitative estimate of drug-likeness (QED) is 0.874. The van der Waals surface area contributed by atoms with Gasteiger partial charge in [-0.3, -0.25) is 4.79 Å². The molecule has 1 N–H and O–H groups in total. The lowest BCUT2D eigenvalue weighted by Gasteiger charge is -2.17. The minimum atomic E-state index is -2.35. The predicted molar refractivity (Wildman–Crippen MR) is 62.8 cm³/mol. The molecule has 1 aromatic rings. The van der Waals surface area contributed by atoms with Gasteiger partial charge in [0.1, 0.15) is 0 Å². The summed E-state index contributed by atoms with van der Waals surface area (Å²) in [5.41, 5.74) is -2.08. The molecule has 0 bridgehead atoms. The first kappa shape index (κ1) is 13.3. The largest absolute Gasteiger partial charge is 0.481 e. The summed E-state index contributed by atoms with van der Waals surface area (Å²) < 4.78 is 18.7. The van der Waals surface area contributed by atoms with Crippen LogP contribution in [-0.2, 0) is 4.79 Å². The van der Waals surface area contributed by atoms with Gasteiger partial charge in [-0.2, -0.15) is 0 Å². The molecule has 1 saturated heterocycles. The number of carboxylic acids is 1. The number of alkyl halides is 1. The smallest absolute Gasteiger partial charge is 0.343 e. The number of carbonyl (C=O) groups excluding carboxylic acids is 1. The lowest BCUT2D eigenvalue weighted by Crippen LogP contribution is -2.38. The zero-order valence-electron chi connectivity index (χ0n) is 10.3. The highest BCUT2D eigenvalue weighted by Gasteiger charge is 2.46. The molecule has 1 aliphatic rings. The maximum atomic E-state index is 13.9. The van der Waals surface area contributed by atoms with Gasteiger partial charge in [0.15, 0.2) is 0 Å². The van der Waals surface area contributed by atoms with Crippen LogP contribution in [0.5, 0.6) is 5.88 Å². The van der Waals surface area contributed by atoms with Crippen LogP contribution in [0.2, 0.25) is 0 Å². The van der Waals surface area contributed by atoms with Crippen LogP contribution in [0.1, 0.15) is 16.8 Å². The second-order valence-electron chi connectivity index (χ2n) is 4.34. The summed E-state index contributed by atoms with van der Waals surface area (Å²) in [5, 5.41) is 8.77. The molecular formula is C12H13FN2O4. The Labute approximate surface area is 108 Å². The first-order valence-corrected chi connectivity index (χ1v) is 5.68. The highest BCUT2D eigenvalue weighted by molar-refractivity contribution is 5.95. The molecule has 6 nitrogen and oxygen atoms in total. The van der Waals surface area contributed by atoms with Crippen molar-refractivity contribution in [2.24, 2.45) is 0 Å². The molecule has 102 valence electrons. The van der Waals surface area contributed by atoms with E-state index in [1.54, 1.807) is 0 Å². The van der Waals surface area contributed by atoms with E-state index >= 15 is 0 Å². The summed E-state index contributed by atoms with van der Waals surface area (Å²) in [6, 6.07) is 3.02. The highest BCUT2D eigenvalue weighted by Crippen LogP contribution is 2.27. The summed E-state index contributed by atoms with van der Waals surface area (Å²) in [6.07, 6.45) is 1.12. The molecule has 7 heteroatoms. The number of ether oxygens (including phenoxy) is 1. The van der Waals surface area contributed by atoms with Crippen LogP contribution in [0, 0.1) is 0 Å². The zero-order chi connectivity index (χ0) is 14.0. The molecule has 2 heterocycles. The summed E-state index contributed by atoms with van der Waals surface area (Å²) >= 11 is 0. The fourth-order valence-electron chi connectivity index (χ4n) is 1.93. The first-order chi connectivity index (χ1) is 8.96. The molecule has 0 aromatic carbocycles. The summed E-state index contributed by atoms with van der Waals surface area (Å²) in [4.78, 5) is 27.9. The second kappa shape index (κ2) is 4.83. The molecule has 1 unspecified atom stereocenters. The number of amides is 1. The van der Waals surface area contributed by atoms with Gasteiger partial charge in [-0.15, -0.1) is 0 Å². The Morgan fingerprint density at radius 3 is 2.74 bits per heavy atom. The third kappa shape index (κ3) is 2.49. The highest BCUT2D eigenvalue weighted by atomic mass is 19.1. The van der Waals surface area contributed by atoms with Crippen molar-refractivity contribution in [2.75, 3.05) is 20.2 Å². The fourth-order valence-corrected chi connectivity index (χ4v) is 1.93.